The molecular formula is C18H21BrN2. The highest BCUT2D eigenvalue weighted by Crippen LogP contribution is 2.28. The van der Waals surface area contributed by atoms with Gasteiger partial charge in [-0.25, -0.2) is 0 Å². The van der Waals surface area contributed by atoms with Crippen molar-refractivity contribution in [1.29, 1.82) is 0 Å². The third-order valence-corrected chi connectivity index (χ3v) is 4.75. The number of hydrogen-bond donors (Lipinski definition) is 2. The lowest BCUT2D eigenvalue weighted by molar-refractivity contribution is 0.401. The largest absolute Gasteiger partial charge is 0.384 e. The SMILES string of the molecule is CC(C)(NCc1cccc2c1NCC2)c1ccc(Br)cc1. The lowest BCUT2D eigenvalue weighted by Crippen LogP contribution is -2.36. The number of rotatable bonds is 4. The van der Waals surface area contributed by atoms with Crippen molar-refractivity contribution in [3.63, 3.8) is 0 Å². The van der Waals surface area contributed by atoms with E-state index in [9.17, 15) is 0 Å². The molecule has 0 unspecified atom stereocenters. The fourth-order valence-electron chi connectivity index (χ4n) is 2.84. The number of hydrogen-bond acceptors (Lipinski definition) is 2. The first-order valence-corrected chi connectivity index (χ1v) is 8.21. The van der Waals surface area contributed by atoms with Gasteiger partial charge in [0.25, 0.3) is 0 Å². The van der Waals surface area contributed by atoms with Crippen LogP contribution in [-0.4, -0.2) is 6.54 Å². The van der Waals surface area contributed by atoms with Gasteiger partial charge in [-0.1, -0.05) is 46.3 Å². The van der Waals surface area contributed by atoms with Crippen LogP contribution in [0.25, 0.3) is 0 Å². The van der Waals surface area contributed by atoms with Gasteiger partial charge in [0, 0.05) is 28.8 Å². The van der Waals surface area contributed by atoms with E-state index < -0.39 is 0 Å². The maximum absolute atomic E-state index is 3.69. The Morgan fingerprint density at radius 2 is 1.90 bits per heavy atom. The summed E-state index contributed by atoms with van der Waals surface area (Å²) in [6.45, 7) is 6.39. The van der Waals surface area contributed by atoms with Crippen molar-refractivity contribution in [3.05, 3.63) is 63.6 Å². The molecule has 2 nitrogen and oxygen atoms in total. The quantitative estimate of drug-likeness (QED) is 0.856. The second kappa shape index (κ2) is 5.82. The van der Waals surface area contributed by atoms with Crippen LogP contribution in [0.15, 0.2) is 46.9 Å². The van der Waals surface area contributed by atoms with E-state index in [1.54, 1.807) is 0 Å². The Kier molecular flexibility index (Phi) is 4.05. The fourth-order valence-corrected chi connectivity index (χ4v) is 3.11. The number of nitrogens with one attached hydrogen (secondary N) is 2. The Hall–Kier alpha value is -1.32. The van der Waals surface area contributed by atoms with E-state index in [4.69, 9.17) is 0 Å². The molecule has 1 heterocycles. The molecule has 0 radical (unpaired) electrons. The van der Waals surface area contributed by atoms with Crippen molar-refractivity contribution in [2.24, 2.45) is 0 Å². The van der Waals surface area contributed by atoms with Gasteiger partial charge in [0.15, 0.2) is 0 Å². The van der Waals surface area contributed by atoms with E-state index >= 15 is 0 Å². The predicted octanol–water partition coefficient (Wildman–Crippen LogP) is 4.44. The molecule has 1 aliphatic heterocycles. The molecule has 0 saturated heterocycles. The summed E-state index contributed by atoms with van der Waals surface area (Å²) in [5.74, 6) is 0. The summed E-state index contributed by atoms with van der Waals surface area (Å²) in [7, 11) is 0. The van der Waals surface area contributed by atoms with E-state index in [-0.39, 0.29) is 5.54 Å². The maximum atomic E-state index is 3.69. The third-order valence-electron chi connectivity index (χ3n) is 4.22. The van der Waals surface area contributed by atoms with Crippen LogP contribution in [0, 0.1) is 0 Å². The van der Waals surface area contributed by atoms with Gasteiger partial charge in [-0.05, 0) is 49.1 Å². The molecule has 0 spiro atoms. The zero-order valence-electron chi connectivity index (χ0n) is 12.5. The average molecular weight is 345 g/mol. The average Bonchev–Trinajstić information content (AvgIpc) is 2.94. The number of halogens is 1. The molecule has 0 saturated carbocycles. The first-order valence-electron chi connectivity index (χ1n) is 7.42. The Labute approximate surface area is 135 Å². The molecule has 1 aliphatic rings. The summed E-state index contributed by atoms with van der Waals surface area (Å²) in [4.78, 5) is 0. The molecule has 3 heteroatoms. The summed E-state index contributed by atoms with van der Waals surface area (Å²) >= 11 is 3.49. The van der Waals surface area contributed by atoms with Crippen LogP contribution in [0.2, 0.25) is 0 Å². The minimum absolute atomic E-state index is 0.0535. The molecule has 0 aliphatic carbocycles. The minimum atomic E-state index is -0.0535. The maximum Gasteiger partial charge on any atom is 0.0419 e. The van der Waals surface area contributed by atoms with Gasteiger partial charge in [0.1, 0.15) is 0 Å². The number of anilines is 1. The summed E-state index contributed by atoms with van der Waals surface area (Å²) in [6.07, 6.45) is 1.14. The van der Waals surface area contributed by atoms with E-state index in [1.807, 2.05) is 0 Å². The van der Waals surface area contributed by atoms with E-state index in [1.165, 1.54) is 22.4 Å². The van der Waals surface area contributed by atoms with E-state index in [2.05, 4.69) is 82.9 Å². The van der Waals surface area contributed by atoms with Crippen LogP contribution in [0.5, 0.6) is 0 Å². The summed E-state index contributed by atoms with van der Waals surface area (Å²) in [5.41, 5.74) is 5.37. The zero-order valence-corrected chi connectivity index (χ0v) is 14.1. The highest BCUT2D eigenvalue weighted by atomic mass is 79.9. The first kappa shape index (κ1) is 14.6. The normalized spacial score (nSPS) is 13.9. The third kappa shape index (κ3) is 3.14. The van der Waals surface area contributed by atoms with Gasteiger partial charge >= 0.3 is 0 Å². The molecule has 110 valence electrons. The van der Waals surface area contributed by atoms with Crippen molar-refractivity contribution in [3.8, 4) is 0 Å². The Morgan fingerprint density at radius 1 is 1.14 bits per heavy atom. The van der Waals surface area contributed by atoms with Crippen LogP contribution >= 0.6 is 15.9 Å². The van der Waals surface area contributed by atoms with Crippen molar-refractivity contribution in [2.75, 3.05) is 11.9 Å². The summed E-state index contributed by atoms with van der Waals surface area (Å²) in [6, 6.07) is 15.1. The smallest absolute Gasteiger partial charge is 0.0419 e. The van der Waals surface area contributed by atoms with Crippen LogP contribution in [-0.2, 0) is 18.5 Å². The lowest BCUT2D eigenvalue weighted by Gasteiger charge is -2.28. The van der Waals surface area contributed by atoms with E-state index in [0.29, 0.717) is 0 Å². The predicted molar refractivity (Wildman–Crippen MR) is 92.6 cm³/mol. The highest BCUT2D eigenvalue weighted by Gasteiger charge is 2.21. The first-order chi connectivity index (χ1) is 10.1. The summed E-state index contributed by atoms with van der Waals surface area (Å²) in [5, 5.41) is 7.19. The molecule has 3 rings (SSSR count). The van der Waals surface area contributed by atoms with Crippen LogP contribution in [0.1, 0.15) is 30.5 Å². The Bertz CT molecular complexity index is 632. The number of para-hydroxylation sites is 1. The molecule has 0 fully saturated rings. The molecular weight excluding hydrogens is 324 g/mol. The lowest BCUT2D eigenvalue weighted by atomic mass is 9.94. The van der Waals surface area contributed by atoms with Gasteiger partial charge in [-0.2, -0.15) is 0 Å². The second-order valence-electron chi connectivity index (χ2n) is 6.11. The van der Waals surface area contributed by atoms with E-state index in [0.717, 1.165) is 24.0 Å². The van der Waals surface area contributed by atoms with Gasteiger partial charge in [0.05, 0.1) is 0 Å². The molecule has 0 bridgehead atoms. The summed E-state index contributed by atoms with van der Waals surface area (Å²) < 4.78 is 1.12. The van der Waals surface area contributed by atoms with Crippen LogP contribution < -0.4 is 10.6 Å². The Balaban J connectivity index is 1.75. The van der Waals surface area contributed by atoms with Gasteiger partial charge in [-0.15, -0.1) is 0 Å². The standard InChI is InChI=1S/C18H21BrN2/c1-18(2,15-6-8-16(19)9-7-15)21-12-14-5-3-4-13-10-11-20-17(13)14/h3-9,20-21H,10-12H2,1-2H3. The van der Waals surface area contributed by atoms with Gasteiger partial charge in [0.2, 0.25) is 0 Å². The van der Waals surface area contributed by atoms with Crippen molar-refractivity contribution < 1.29 is 0 Å². The topological polar surface area (TPSA) is 24.1 Å². The van der Waals surface area contributed by atoms with Crippen molar-refractivity contribution in [1.82, 2.24) is 5.32 Å². The minimum Gasteiger partial charge on any atom is -0.384 e. The molecule has 2 aromatic carbocycles. The fraction of sp³-hybridized carbons (Fsp3) is 0.333. The highest BCUT2D eigenvalue weighted by molar-refractivity contribution is 9.10. The van der Waals surface area contributed by atoms with Crippen LogP contribution in [0.4, 0.5) is 5.69 Å². The van der Waals surface area contributed by atoms with Crippen LogP contribution in [0.3, 0.4) is 0 Å². The molecule has 21 heavy (non-hydrogen) atoms. The van der Waals surface area contributed by atoms with Crippen molar-refractivity contribution in [2.45, 2.75) is 32.4 Å². The molecule has 2 aromatic rings. The number of benzene rings is 2. The van der Waals surface area contributed by atoms with Gasteiger partial charge < -0.3 is 10.6 Å². The van der Waals surface area contributed by atoms with Gasteiger partial charge in [-0.3, -0.25) is 0 Å². The second-order valence-corrected chi connectivity index (χ2v) is 7.03. The monoisotopic (exact) mass is 344 g/mol. The van der Waals surface area contributed by atoms with Crippen molar-refractivity contribution >= 4 is 21.6 Å². The zero-order chi connectivity index (χ0) is 14.9. The molecule has 0 atom stereocenters. The Morgan fingerprint density at radius 3 is 2.67 bits per heavy atom. The number of fused-ring (bicyclic) bond motifs is 1. The molecule has 0 amide bonds. The molecule has 2 N–H and O–H groups in total. The molecule has 0 aromatic heterocycles.